The van der Waals surface area contributed by atoms with Gasteiger partial charge in [0.05, 0.1) is 5.69 Å². The molecule has 1 aromatic heterocycles. The molecule has 0 spiro atoms. The first-order valence-corrected chi connectivity index (χ1v) is 6.94. The number of nitrogens with zero attached hydrogens (tertiary/aromatic N) is 2. The lowest BCUT2D eigenvalue weighted by molar-refractivity contribution is -0.134. The highest BCUT2D eigenvalue weighted by molar-refractivity contribution is 5.91. The Kier molecular flexibility index (Phi) is 4.65. The van der Waals surface area contributed by atoms with E-state index in [1.54, 1.807) is 28.8 Å². The van der Waals surface area contributed by atoms with Gasteiger partial charge in [0, 0.05) is 26.3 Å². The summed E-state index contributed by atoms with van der Waals surface area (Å²) in [5, 5.41) is 0. The molecule has 1 aromatic rings. The minimum absolute atomic E-state index is 0.123. The third kappa shape index (κ3) is 3.53. The van der Waals surface area contributed by atoms with Gasteiger partial charge in [-0.1, -0.05) is 12.8 Å². The molecule has 0 radical (unpaired) electrons. The average molecular weight is 279 g/mol. The van der Waals surface area contributed by atoms with Crippen LogP contribution in [0.5, 0.6) is 0 Å². The maximum absolute atomic E-state index is 12.0. The molecular weight excluding hydrogens is 258 g/mol. The highest BCUT2D eigenvalue weighted by Gasteiger charge is 2.19. The number of hydrogen-bond donors (Lipinski definition) is 1. The first-order valence-electron chi connectivity index (χ1n) is 6.94. The van der Waals surface area contributed by atoms with Crippen molar-refractivity contribution in [2.75, 3.05) is 25.4 Å². The van der Waals surface area contributed by atoms with Crippen LogP contribution in [0, 0.1) is 0 Å². The fourth-order valence-corrected chi connectivity index (χ4v) is 2.41. The molecule has 110 valence electrons. The van der Waals surface area contributed by atoms with Gasteiger partial charge >= 0.3 is 5.97 Å². The van der Waals surface area contributed by atoms with E-state index in [4.69, 9.17) is 10.5 Å². The normalized spacial score (nSPS) is 15.8. The van der Waals surface area contributed by atoms with Gasteiger partial charge in [-0.2, -0.15) is 0 Å². The number of aryl methyl sites for hydroxylation is 1. The number of rotatable bonds is 3. The Morgan fingerprint density at radius 2 is 1.90 bits per heavy atom. The first kappa shape index (κ1) is 14.4. The molecule has 0 atom stereocenters. The van der Waals surface area contributed by atoms with Gasteiger partial charge in [0.2, 0.25) is 0 Å². The predicted octanol–water partition coefficient (Wildman–Crippen LogP) is 1.17. The Balaban J connectivity index is 1.86. The summed E-state index contributed by atoms with van der Waals surface area (Å²) < 4.78 is 6.66. The van der Waals surface area contributed by atoms with Crippen LogP contribution in [0.15, 0.2) is 12.3 Å². The van der Waals surface area contributed by atoms with Crippen LogP contribution in [-0.2, 0) is 16.6 Å². The number of nitrogen functional groups attached to an aromatic ring is 1. The number of carbonyl (C=O) groups is 2. The minimum atomic E-state index is -0.521. The van der Waals surface area contributed by atoms with E-state index in [0.29, 0.717) is 11.4 Å². The van der Waals surface area contributed by atoms with Crippen molar-refractivity contribution in [1.29, 1.82) is 0 Å². The first-order chi connectivity index (χ1) is 9.58. The number of nitrogens with two attached hydrogens (primary N) is 1. The second kappa shape index (κ2) is 6.45. The van der Waals surface area contributed by atoms with E-state index in [1.807, 2.05) is 0 Å². The molecule has 0 aliphatic carbocycles. The topological polar surface area (TPSA) is 77.6 Å². The summed E-state index contributed by atoms with van der Waals surface area (Å²) in [6.45, 7) is 1.31. The zero-order chi connectivity index (χ0) is 14.5. The highest BCUT2D eigenvalue weighted by atomic mass is 16.5. The van der Waals surface area contributed by atoms with Crippen LogP contribution in [0.3, 0.4) is 0 Å². The number of likely N-dealkylation sites (tertiary alicyclic amines) is 1. The number of ether oxygens (including phenoxy) is 1. The van der Waals surface area contributed by atoms with Crippen molar-refractivity contribution in [3.63, 3.8) is 0 Å². The molecule has 1 aliphatic heterocycles. The Labute approximate surface area is 118 Å². The van der Waals surface area contributed by atoms with Crippen LogP contribution < -0.4 is 5.73 Å². The van der Waals surface area contributed by atoms with Gasteiger partial charge in [-0.05, 0) is 18.9 Å². The number of esters is 1. The summed E-state index contributed by atoms with van der Waals surface area (Å²) in [5.41, 5.74) is 6.46. The molecule has 1 fully saturated rings. The molecule has 1 amide bonds. The van der Waals surface area contributed by atoms with E-state index in [0.717, 1.165) is 38.8 Å². The van der Waals surface area contributed by atoms with E-state index in [9.17, 15) is 9.59 Å². The fraction of sp³-hybridized carbons (Fsp3) is 0.571. The Hall–Kier alpha value is -1.98. The van der Waals surface area contributed by atoms with E-state index < -0.39 is 5.97 Å². The Morgan fingerprint density at radius 3 is 2.45 bits per heavy atom. The van der Waals surface area contributed by atoms with Gasteiger partial charge in [0.15, 0.2) is 6.61 Å². The lowest BCUT2D eigenvalue weighted by atomic mass is 10.2. The summed E-state index contributed by atoms with van der Waals surface area (Å²) in [4.78, 5) is 25.6. The van der Waals surface area contributed by atoms with Gasteiger partial charge in [-0.15, -0.1) is 0 Å². The fourth-order valence-electron chi connectivity index (χ4n) is 2.41. The van der Waals surface area contributed by atoms with Gasteiger partial charge in [0.1, 0.15) is 5.69 Å². The van der Waals surface area contributed by atoms with Crippen molar-refractivity contribution < 1.29 is 14.3 Å². The quantitative estimate of drug-likeness (QED) is 0.842. The maximum atomic E-state index is 12.0. The van der Waals surface area contributed by atoms with Gasteiger partial charge in [-0.3, -0.25) is 4.79 Å². The number of anilines is 1. The van der Waals surface area contributed by atoms with Gasteiger partial charge < -0.3 is 19.9 Å². The van der Waals surface area contributed by atoms with Crippen molar-refractivity contribution in [2.45, 2.75) is 25.7 Å². The van der Waals surface area contributed by atoms with E-state index in [1.165, 1.54) is 0 Å². The average Bonchev–Trinajstić information content (AvgIpc) is 2.65. The molecule has 0 aromatic carbocycles. The molecule has 2 N–H and O–H groups in total. The third-order valence-corrected chi connectivity index (χ3v) is 3.52. The van der Waals surface area contributed by atoms with E-state index >= 15 is 0 Å². The number of hydrogen-bond acceptors (Lipinski definition) is 4. The van der Waals surface area contributed by atoms with Crippen LogP contribution in [0.4, 0.5) is 5.69 Å². The predicted molar refractivity (Wildman–Crippen MR) is 75.2 cm³/mol. The second-order valence-corrected chi connectivity index (χ2v) is 5.14. The lowest BCUT2D eigenvalue weighted by Crippen LogP contribution is -2.35. The van der Waals surface area contributed by atoms with Gasteiger partial charge in [-0.25, -0.2) is 4.79 Å². The van der Waals surface area contributed by atoms with Gasteiger partial charge in [0.25, 0.3) is 5.91 Å². The number of aromatic nitrogens is 1. The molecule has 20 heavy (non-hydrogen) atoms. The molecule has 0 bridgehead atoms. The smallest absolute Gasteiger partial charge is 0.355 e. The monoisotopic (exact) mass is 279 g/mol. The molecule has 6 nitrogen and oxygen atoms in total. The summed E-state index contributed by atoms with van der Waals surface area (Å²) in [6.07, 6.45) is 5.99. The third-order valence-electron chi connectivity index (χ3n) is 3.52. The zero-order valence-corrected chi connectivity index (χ0v) is 11.8. The molecule has 0 unspecified atom stereocenters. The molecule has 1 saturated heterocycles. The maximum Gasteiger partial charge on any atom is 0.355 e. The SMILES string of the molecule is Cn1cc(N)cc1C(=O)OCC(=O)N1CCCCCC1. The molecule has 6 heteroatoms. The largest absolute Gasteiger partial charge is 0.451 e. The van der Waals surface area contributed by atoms with E-state index in [2.05, 4.69) is 0 Å². The van der Waals surface area contributed by atoms with Crippen molar-refractivity contribution in [2.24, 2.45) is 7.05 Å². The summed E-state index contributed by atoms with van der Waals surface area (Å²) in [7, 11) is 1.71. The second-order valence-electron chi connectivity index (χ2n) is 5.14. The lowest BCUT2D eigenvalue weighted by Gasteiger charge is -2.19. The van der Waals surface area contributed by atoms with Crippen LogP contribution in [0.1, 0.15) is 36.2 Å². The Morgan fingerprint density at radius 1 is 1.25 bits per heavy atom. The van der Waals surface area contributed by atoms with Crippen LogP contribution in [0.25, 0.3) is 0 Å². The molecule has 2 heterocycles. The molecule has 2 rings (SSSR count). The highest BCUT2D eigenvalue weighted by Crippen LogP contribution is 2.12. The van der Waals surface area contributed by atoms with Crippen molar-refractivity contribution >= 4 is 17.6 Å². The molecule has 0 saturated carbocycles. The summed E-state index contributed by atoms with van der Waals surface area (Å²) in [5.74, 6) is -0.644. The Bertz CT molecular complexity index is 488. The van der Waals surface area contributed by atoms with Crippen LogP contribution >= 0.6 is 0 Å². The molecule has 1 aliphatic rings. The number of amides is 1. The van der Waals surface area contributed by atoms with Crippen LogP contribution in [0.2, 0.25) is 0 Å². The van der Waals surface area contributed by atoms with Crippen LogP contribution in [-0.4, -0.2) is 41.0 Å². The number of carbonyl (C=O) groups excluding carboxylic acids is 2. The van der Waals surface area contributed by atoms with Crippen molar-refractivity contribution in [1.82, 2.24) is 9.47 Å². The zero-order valence-electron chi connectivity index (χ0n) is 11.8. The summed E-state index contributed by atoms with van der Waals surface area (Å²) >= 11 is 0. The van der Waals surface area contributed by atoms with Crippen molar-refractivity contribution in [3.05, 3.63) is 18.0 Å². The molecular formula is C14H21N3O3. The summed E-state index contributed by atoms with van der Waals surface area (Å²) in [6, 6.07) is 1.54. The van der Waals surface area contributed by atoms with Crippen molar-refractivity contribution in [3.8, 4) is 0 Å². The standard InChI is InChI=1S/C14H21N3O3/c1-16-9-11(15)8-12(16)14(19)20-10-13(18)17-6-4-2-3-5-7-17/h8-9H,2-7,10,15H2,1H3. The minimum Gasteiger partial charge on any atom is -0.451 e. The van der Waals surface area contributed by atoms with E-state index in [-0.39, 0.29) is 12.5 Å².